The summed E-state index contributed by atoms with van der Waals surface area (Å²) >= 11 is 0. The van der Waals surface area contributed by atoms with Crippen molar-refractivity contribution >= 4 is 15.7 Å². The Balaban J connectivity index is 1.66. The number of aromatic hydroxyl groups is 1. The van der Waals surface area contributed by atoms with E-state index in [-0.39, 0.29) is 23.9 Å². The molecule has 0 aliphatic heterocycles. The molecule has 0 aliphatic rings. The zero-order chi connectivity index (χ0) is 25.4. The number of sulfonamides is 1. The lowest BCUT2D eigenvalue weighted by atomic mass is 9.88. The number of aliphatic hydroxyl groups is 1. The molecule has 35 heavy (non-hydrogen) atoms. The van der Waals surface area contributed by atoms with Crippen LogP contribution in [0.15, 0.2) is 66.7 Å². The number of phenolic OH excluding ortho intramolecular Hbond substituents is 1. The molecule has 0 aliphatic carbocycles. The van der Waals surface area contributed by atoms with Gasteiger partial charge in [0.25, 0.3) is 0 Å². The fraction of sp³-hybridized carbons (Fsp3) is 0.308. The summed E-state index contributed by atoms with van der Waals surface area (Å²) in [5, 5.41) is 23.8. The summed E-state index contributed by atoms with van der Waals surface area (Å²) in [6.45, 7) is 0.896. The summed E-state index contributed by atoms with van der Waals surface area (Å²) in [6.07, 6.45) is 0.900. The van der Waals surface area contributed by atoms with Crippen molar-refractivity contribution in [1.29, 1.82) is 0 Å². The molecule has 4 N–H and O–H groups in total. The predicted octanol–water partition coefficient (Wildman–Crippen LogP) is 3.63. The number of nitrogens with one attached hydrogen (secondary N) is 2. The maximum absolute atomic E-state index is 11.5. The summed E-state index contributed by atoms with van der Waals surface area (Å²) in [4.78, 5) is 0. The van der Waals surface area contributed by atoms with E-state index in [1.165, 1.54) is 12.1 Å². The van der Waals surface area contributed by atoms with Crippen LogP contribution in [0.3, 0.4) is 0 Å². The number of phenols is 1. The van der Waals surface area contributed by atoms with Gasteiger partial charge in [-0.2, -0.15) is 0 Å². The average molecular weight is 501 g/mol. The van der Waals surface area contributed by atoms with Crippen LogP contribution in [-0.2, 0) is 10.0 Å². The van der Waals surface area contributed by atoms with E-state index >= 15 is 0 Å². The summed E-state index contributed by atoms with van der Waals surface area (Å²) in [7, 11) is -0.281. The maximum atomic E-state index is 11.5. The van der Waals surface area contributed by atoms with Crippen LogP contribution >= 0.6 is 0 Å². The highest BCUT2D eigenvalue weighted by molar-refractivity contribution is 7.92. The fourth-order valence-corrected chi connectivity index (χ4v) is 4.41. The molecule has 3 aromatic rings. The molecule has 8 nitrogen and oxygen atoms in total. The summed E-state index contributed by atoms with van der Waals surface area (Å²) < 4.78 is 35.8. The van der Waals surface area contributed by atoms with Crippen LogP contribution in [0.25, 0.3) is 0 Å². The third-order valence-electron chi connectivity index (χ3n) is 5.68. The average Bonchev–Trinajstić information content (AvgIpc) is 2.85. The Morgan fingerprint density at radius 2 is 1.37 bits per heavy atom. The first-order valence-electron chi connectivity index (χ1n) is 11.2. The van der Waals surface area contributed by atoms with Gasteiger partial charge in [0, 0.05) is 12.5 Å². The Hall–Kier alpha value is -3.27. The highest BCUT2D eigenvalue weighted by Gasteiger charge is 2.16. The van der Waals surface area contributed by atoms with Crippen LogP contribution in [0.4, 0.5) is 5.69 Å². The molecule has 0 amide bonds. The van der Waals surface area contributed by atoms with E-state index < -0.39 is 16.1 Å². The van der Waals surface area contributed by atoms with E-state index in [1.54, 1.807) is 20.3 Å². The van der Waals surface area contributed by atoms with Crippen LogP contribution < -0.4 is 19.5 Å². The number of rotatable bonds is 12. The molecule has 3 aromatic carbocycles. The van der Waals surface area contributed by atoms with E-state index in [0.717, 1.165) is 35.3 Å². The van der Waals surface area contributed by atoms with Crippen molar-refractivity contribution in [2.75, 3.05) is 38.3 Å². The number of aliphatic hydroxyl groups excluding tert-OH is 1. The van der Waals surface area contributed by atoms with E-state index in [9.17, 15) is 18.6 Å². The minimum absolute atomic E-state index is 0.0307. The van der Waals surface area contributed by atoms with Crippen molar-refractivity contribution in [2.45, 2.75) is 18.4 Å². The van der Waals surface area contributed by atoms with Gasteiger partial charge in [0.1, 0.15) is 17.2 Å². The van der Waals surface area contributed by atoms with Crippen molar-refractivity contribution in [2.24, 2.45) is 0 Å². The lowest BCUT2D eigenvalue weighted by molar-refractivity contribution is 0.174. The number of hydrogen-bond donors (Lipinski definition) is 4. The first-order valence-corrected chi connectivity index (χ1v) is 13.1. The van der Waals surface area contributed by atoms with Gasteiger partial charge in [-0.1, -0.05) is 30.3 Å². The topological polar surface area (TPSA) is 117 Å². The smallest absolute Gasteiger partial charge is 0.229 e. The molecule has 188 valence electrons. The molecule has 0 spiro atoms. The highest BCUT2D eigenvalue weighted by atomic mass is 32.2. The van der Waals surface area contributed by atoms with Crippen LogP contribution in [0.1, 0.15) is 35.1 Å². The van der Waals surface area contributed by atoms with E-state index in [0.29, 0.717) is 12.1 Å². The van der Waals surface area contributed by atoms with Gasteiger partial charge in [0.15, 0.2) is 0 Å². The van der Waals surface area contributed by atoms with Crippen molar-refractivity contribution < 1.29 is 28.1 Å². The van der Waals surface area contributed by atoms with Crippen molar-refractivity contribution in [3.05, 3.63) is 83.4 Å². The molecule has 0 fully saturated rings. The molecule has 0 aromatic heterocycles. The van der Waals surface area contributed by atoms with Gasteiger partial charge in [-0.15, -0.1) is 0 Å². The van der Waals surface area contributed by atoms with Crippen LogP contribution in [0, 0.1) is 0 Å². The normalized spacial score (nSPS) is 12.4. The molecule has 1 atom stereocenters. The molecule has 9 heteroatoms. The van der Waals surface area contributed by atoms with Crippen LogP contribution in [0.2, 0.25) is 0 Å². The second-order valence-corrected chi connectivity index (χ2v) is 10.0. The summed E-state index contributed by atoms with van der Waals surface area (Å²) in [6, 6.07) is 20.3. The minimum Gasteiger partial charge on any atom is -0.506 e. The van der Waals surface area contributed by atoms with Crippen LogP contribution in [-0.4, -0.2) is 52.2 Å². The Labute approximate surface area is 206 Å². The Kier molecular flexibility index (Phi) is 8.97. The number of benzene rings is 3. The highest BCUT2D eigenvalue weighted by Crippen LogP contribution is 2.31. The predicted molar refractivity (Wildman–Crippen MR) is 137 cm³/mol. The maximum Gasteiger partial charge on any atom is 0.229 e. The molecule has 3 rings (SSSR count). The molecule has 0 heterocycles. The third-order valence-corrected chi connectivity index (χ3v) is 6.28. The Morgan fingerprint density at radius 1 is 0.857 bits per heavy atom. The summed E-state index contributed by atoms with van der Waals surface area (Å²) in [5.74, 6) is 1.50. The van der Waals surface area contributed by atoms with E-state index in [4.69, 9.17) is 9.47 Å². The second kappa shape index (κ2) is 11.9. The lowest BCUT2D eigenvalue weighted by Crippen LogP contribution is -2.24. The number of hydrogen-bond acceptors (Lipinski definition) is 7. The zero-order valence-corrected chi connectivity index (χ0v) is 20.9. The number of anilines is 1. The SMILES string of the molecule is COc1ccc(C(CCNCC(O)c2ccc(O)c(NS(C)(=O)=O)c2)c2ccc(OC)cc2)cc1. The lowest BCUT2D eigenvalue weighted by Gasteiger charge is -2.20. The second-order valence-electron chi connectivity index (χ2n) is 8.26. The van der Waals surface area contributed by atoms with Gasteiger partial charge >= 0.3 is 0 Å². The fourth-order valence-electron chi connectivity index (χ4n) is 3.84. The van der Waals surface area contributed by atoms with Gasteiger partial charge in [-0.05, 0) is 66.1 Å². The first-order chi connectivity index (χ1) is 16.7. The van der Waals surface area contributed by atoms with Gasteiger partial charge in [0.05, 0.1) is 32.3 Å². The summed E-state index contributed by atoms with van der Waals surface area (Å²) in [5.41, 5.74) is 2.81. The molecule has 0 saturated carbocycles. The van der Waals surface area contributed by atoms with Crippen molar-refractivity contribution in [3.8, 4) is 17.2 Å². The zero-order valence-electron chi connectivity index (χ0n) is 20.1. The molecular weight excluding hydrogens is 468 g/mol. The van der Waals surface area contributed by atoms with Crippen molar-refractivity contribution in [3.63, 3.8) is 0 Å². The van der Waals surface area contributed by atoms with Gasteiger partial charge in [0.2, 0.25) is 10.0 Å². The monoisotopic (exact) mass is 500 g/mol. The van der Waals surface area contributed by atoms with E-state index in [1.807, 2.05) is 24.3 Å². The minimum atomic E-state index is -3.56. The van der Waals surface area contributed by atoms with Gasteiger partial charge in [-0.3, -0.25) is 4.72 Å². The molecular formula is C26H32N2O6S. The Bertz CT molecular complexity index is 1150. The molecule has 0 bridgehead atoms. The van der Waals surface area contributed by atoms with Crippen LogP contribution in [0.5, 0.6) is 17.2 Å². The quantitative estimate of drug-likeness (QED) is 0.222. The molecule has 1 unspecified atom stereocenters. The third kappa shape index (κ3) is 7.61. The van der Waals surface area contributed by atoms with E-state index in [2.05, 4.69) is 34.3 Å². The standard InChI is InChI=1S/C26H32N2O6S/c1-33-21-9-4-18(5-10-21)23(19-6-11-22(34-2)12-7-19)14-15-27-17-26(30)20-8-13-25(29)24(16-20)28-35(3,31)32/h4-13,16,23,26-30H,14-15,17H2,1-3H3. The van der Waals surface area contributed by atoms with Gasteiger partial charge < -0.3 is 25.0 Å². The number of ether oxygens (including phenoxy) is 2. The Morgan fingerprint density at radius 3 is 1.86 bits per heavy atom. The number of methoxy groups -OCH3 is 2. The first kappa shape index (κ1) is 26.3. The molecule has 0 radical (unpaired) electrons. The molecule has 0 saturated heterocycles. The van der Waals surface area contributed by atoms with Gasteiger partial charge in [-0.25, -0.2) is 8.42 Å². The largest absolute Gasteiger partial charge is 0.506 e. The van der Waals surface area contributed by atoms with Crippen molar-refractivity contribution in [1.82, 2.24) is 5.32 Å².